The number of aryl methyl sites for hydroxylation is 3. The first-order chi connectivity index (χ1) is 9.11. The first-order valence-electron chi connectivity index (χ1n) is 6.50. The van der Waals surface area contributed by atoms with Crippen LogP contribution in [0, 0.1) is 0 Å². The van der Waals surface area contributed by atoms with Crippen molar-refractivity contribution in [3.8, 4) is 0 Å². The molecule has 0 saturated carbocycles. The molecule has 0 radical (unpaired) electrons. The Morgan fingerprint density at radius 3 is 2.74 bits per heavy atom. The van der Waals surface area contributed by atoms with Gasteiger partial charge in [0.05, 0.1) is 22.6 Å². The van der Waals surface area contributed by atoms with Crippen LogP contribution in [0.4, 0.5) is 0 Å². The maximum absolute atomic E-state index is 6.29. The smallest absolute Gasteiger partial charge is 0.0863 e. The molecule has 19 heavy (non-hydrogen) atoms. The van der Waals surface area contributed by atoms with Crippen LogP contribution in [-0.2, 0) is 33.5 Å². The van der Waals surface area contributed by atoms with Gasteiger partial charge in [-0.15, -0.1) is 0 Å². The highest BCUT2D eigenvalue weighted by Gasteiger charge is 2.11. The molecule has 0 aliphatic rings. The molecule has 2 heterocycles. The van der Waals surface area contributed by atoms with Gasteiger partial charge in [0.15, 0.2) is 0 Å². The van der Waals surface area contributed by atoms with Crippen molar-refractivity contribution >= 4 is 11.6 Å². The minimum Gasteiger partial charge on any atom is -0.311 e. The molecule has 5 nitrogen and oxygen atoms in total. The van der Waals surface area contributed by atoms with Crippen LogP contribution in [0.25, 0.3) is 0 Å². The number of rotatable bonds is 6. The van der Waals surface area contributed by atoms with Gasteiger partial charge in [0, 0.05) is 26.8 Å². The highest BCUT2D eigenvalue weighted by atomic mass is 35.5. The maximum atomic E-state index is 6.29. The van der Waals surface area contributed by atoms with Gasteiger partial charge in [-0.3, -0.25) is 9.36 Å². The lowest BCUT2D eigenvalue weighted by molar-refractivity contribution is 0.623. The van der Waals surface area contributed by atoms with E-state index in [0.29, 0.717) is 0 Å². The lowest BCUT2D eigenvalue weighted by Gasteiger charge is -2.05. The molecule has 0 amide bonds. The fraction of sp³-hybridized carbons (Fsp3) is 0.538. The van der Waals surface area contributed by atoms with Crippen LogP contribution in [0.3, 0.4) is 0 Å². The number of aromatic nitrogens is 4. The van der Waals surface area contributed by atoms with E-state index in [1.54, 1.807) is 0 Å². The lowest BCUT2D eigenvalue weighted by Crippen LogP contribution is -2.18. The first-order valence-corrected chi connectivity index (χ1v) is 6.88. The van der Waals surface area contributed by atoms with Crippen LogP contribution in [0.2, 0.25) is 5.02 Å². The van der Waals surface area contributed by atoms with E-state index in [4.69, 9.17) is 11.6 Å². The van der Waals surface area contributed by atoms with Gasteiger partial charge in [-0.25, -0.2) is 0 Å². The van der Waals surface area contributed by atoms with E-state index in [9.17, 15) is 0 Å². The SMILES string of the molecule is CCc1nn(C)c(CNCCc2cnn(C)c2)c1Cl. The number of halogens is 1. The molecule has 0 fully saturated rings. The summed E-state index contributed by atoms with van der Waals surface area (Å²) in [6, 6.07) is 0. The van der Waals surface area contributed by atoms with Crippen molar-refractivity contribution < 1.29 is 0 Å². The van der Waals surface area contributed by atoms with Crippen molar-refractivity contribution in [1.82, 2.24) is 24.9 Å². The average molecular weight is 282 g/mol. The standard InChI is InChI=1S/C13H20ClN5/c1-4-11-13(14)12(19(3)17-11)8-15-6-5-10-7-16-18(2)9-10/h7,9,15H,4-6,8H2,1-3H3. The van der Waals surface area contributed by atoms with E-state index in [2.05, 4.69) is 22.4 Å². The van der Waals surface area contributed by atoms with Crippen molar-refractivity contribution in [2.24, 2.45) is 14.1 Å². The third kappa shape index (κ3) is 3.36. The van der Waals surface area contributed by atoms with Gasteiger partial charge in [-0.05, 0) is 24.9 Å². The maximum Gasteiger partial charge on any atom is 0.0863 e. The predicted octanol–water partition coefficient (Wildman–Crippen LogP) is 1.70. The summed E-state index contributed by atoms with van der Waals surface area (Å²) in [4.78, 5) is 0. The number of nitrogens with zero attached hydrogens (tertiary/aromatic N) is 4. The molecule has 0 aliphatic carbocycles. The molecule has 104 valence electrons. The number of hydrogen-bond donors (Lipinski definition) is 1. The lowest BCUT2D eigenvalue weighted by atomic mass is 10.2. The Kier molecular flexibility index (Phi) is 4.61. The molecule has 2 aromatic rings. The summed E-state index contributed by atoms with van der Waals surface area (Å²) in [5.41, 5.74) is 3.25. The van der Waals surface area contributed by atoms with Crippen molar-refractivity contribution in [2.45, 2.75) is 26.3 Å². The van der Waals surface area contributed by atoms with Crippen molar-refractivity contribution in [3.05, 3.63) is 34.4 Å². The normalized spacial score (nSPS) is 11.2. The van der Waals surface area contributed by atoms with Crippen LogP contribution >= 0.6 is 11.6 Å². The van der Waals surface area contributed by atoms with E-state index < -0.39 is 0 Å². The van der Waals surface area contributed by atoms with Crippen LogP contribution in [0.15, 0.2) is 12.4 Å². The summed E-state index contributed by atoms with van der Waals surface area (Å²) in [6.45, 7) is 3.70. The molecule has 0 aromatic carbocycles. The highest BCUT2D eigenvalue weighted by Crippen LogP contribution is 2.20. The Bertz CT molecular complexity index is 543. The van der Waals surface area contributed by atoms with Gasteiger partial charge >= 0.3 is 0 Å². The van der Waals surface area contributed by atoms with Crippen LogP contribution in [0.1, 0.15) is 23.9 Å². The molecule has 0 aliphatic heterocycles. The summed E-state index contributed by atoms with van der Waals surface area (Å²) in [5.74, 6) is 0. The van der Waals surface area contributed by atoms with Gasteiger partial charge in [0.1, 0.15) is 0 Å². The molecule has 1 N–H and O–H groups in total. The van der Waals surface area contributed by atoms with Crippen molar-refractivity contribution in [1.29, 1.82) is 0 Å². The van der Waals surface area contributed by atoms with Crippen LogP contribution < -0.4 is 5.32 Å². The molecule has 0 atom stereocenters. The summed E-state index contributed by atoms with van der Waals surface area (Å²) >= 11 is 6.29. The summed E-state index contributed by atoms with van der Waals surface area (Å²) in [6.07, 6.45) is 5.76. The third-order valence-corrected chi connectivity index (χ3v) is 3.58. The summed E-state index contributed by atoms with van der Waals surface area (Å²) in [7, 11) is 3.86. The minimum atomic E-state index is 0.739. The zero-order valence-corrected chi connectivity index (χ0v) is 12.4. The van der Waals surface area contributed by atoms with Crippen molar-refractivity contribution in [2.75, 3.05) is 6.54 Å². The molecule has 0 unspecified atom stereocenters. The predicted molar refractivity (Wildman–Crippen MR) is 76.2 cm³/mol. The summed E-state index contributed by atoms with van der Waals surface area (Å²) < 4.78 is 3.68. The van der Waals surface area contributed by atoms with E-state index in [-0.39, 0.29) is 0 Å². The molecule has 2 rings (SSSR count). The Labute approximate surface area is 118 Å². The van der Waals surface area contributed by atoms with Crippen molar-refractivity contribution in [3.63, 3.8) is 0 Å². The molecule has 0 spiro atoms. The molecule has 6 heteroatoms. The highest BCUT2D eigenvalue weighted by molar-refractivity contribution is 6.31. The zero-order valence-electron chi connectivity index (χ0n) is 11.6. The third-order valence-electron chi connectivity index (χ3n) is 3.14. The van der Waals surface area contributed by atoms with E-state index in [1.165, 1.54) is 5.56 Å². The van der Waals surface area contributed by atoms with E-state index >= 15 is 0 Å². The van der Waals surface area contributed by atoms with Crippen LogP contribution in [-0.4, -0.2) is 26.1 Å². The second-order valence-corrected chi connectivity index (χ2v) is 5.01. The Balaban J connectivity index is 1.84. The topological polar surface area (TPSA) is 47.7 Å². The average Bonchev–Trinajstić information content (AvgIpc) is 2.91. The molecule has 0 saturated heterocycles. The quantitative estimate of drug-likeness (QED) is 0.820. The van der Waals surface area contributed by atoms with E-state index in [0.717, 1.165) is 42.3 Å². The Morgan fingerprint density at radius 1 is 1.37 bits per heavy atom. The zero-order chi connectivity index (χ0) is 13.8. The van der Waals surface area contributed by atoms with Gasteiger partial charge in [-0.2, -0.15) is 10.2 Å². The fourth-order valence-corrected chi connectivity index (χ4v) is 2.41. The Hall–Kier alpha value is -1.33. The van der Waals surface area contributed by atoms with E-state index in [1.807, 2.05) is 35.9 Å². The molecular formula is C13H20ClN5. The fourth-order valence-electron chi connectivity index (χ4n) is 2.05. The minimum absolute atomic E-state index is 0.739. The molecule has 0 bridgehead atoms. The number of nitrogens with one attached hydrogen (secondary N) is 1. The van der Waals surface area contributed by atoms with Crippen LogP contribution in [0.5, 0.6) is 0 Å². The number of hydrogen-bond acceptors (Lipinski definition) is 3. The molecular weight excluding hydrogens is 262 g/mol. The second-order valence-electron chi connectivity index (χ2n) is 4.63. The second kappa shape index (κ2) is 6.21. The largest absolute Gasteiger partial charge is 0.311 e. The Morgan fingerprint density at radius 2 is 2.16 bits per heavy atom. The first kappa shape index (κ1) is 14.1. The monoisotopic (exact) mass is 281 g/mol. The van der Waals surface area contributed by atoms with Gasteiger partial charge in [0.25, 0.3) is 0 Å². The molecule has 2 aromatic heterocycles. The van der Waals surface area contributed by atoms with Gasteiger partial charge < -0.3 is 5.32 Å². The van der Waals surface area contributed by atoms with Gasteiger partial charge in [-0.1, -0.05) is 18.5 Å². The van der Waals surface area contributed by atoms with Gasteiger partial charge in [0.2, 0.25) is 0 Å². The summed E-state index contributed by atoms with van der Waals surface area (Å²) in [5, 5.41) is 12.7.